The number of hydrogen-bond donors (Lipinski definition) is 1. The molecule has 17 heavy (non-hydrogen) atoms. The van der Waals surface area contributed by atoms with Crippen LogP contribution in [0.25, 0.3) is 0 Å². The third-order valence-corrected chi connectivity index (χ3v) is 4.61. The fourth-order valence-electron chi connectivity index (χ4n) is 1.90. The molecule has 0 spiro atoms. The van der Waals surface area contributed by atoms with Crippen molar-refractivity contribution in [2.75, 3.05) is 37.7 Å². The Morgan fingerprint density at radius 1 is 1.18 bits per heavy atom. The van der Waals surface area contributed by atoms with Crippen molar-refractivity contribution in [1.29, 1.82) is 0 Å². The summed E-state index contributed by atoms with van der Waals surface area (Å²) in [5, 5.41) is 3.52. The van der Waals surface area contributed by atoms with Gasteiger partial charge in [-0.15, -0.1) is 0 Å². The van der Waals surface area contributed by atoms with Crippen LogP contribution in [0, 0.1) is 3.57 Å². The molecule has 1 aromatic carbocycles. The molecule has 1 heterocycles. The van der Waals surface area contributed by atoms with Crippen LogP contribution < -0.4 is 5.32 Å². The lowest BCUT2D eigenvalue weighted by Crippen LogP contribution is -2.37. The maximum absolute atomic E-state index is 3.52. The highest BCUT2D eigenvalue weighted by molar-refractivity contribution is 14.1. The smallest absolute Gasteiger partial charge is 0.0206 e. The van der Waals surface area contributed by atoms with Crippen LogP contribution in [0.4, 0.5) is 0 Å². The van der Waals surface area contributed by atoms with E-state index in [4.69, 9.17) is 0 Å². The van der Waals surface area contributed by atoms with Crippen molar-refractivity contribution in [2.45, 2.75) is 6.54 Å². The summed E-state index contributed by atoms with van der Waals surface area (Å²) in [5.74, 6) is 2.61. The van der Waals surface area contributed by atoms with Gasteiger partial charge in [0, 0.05) is 47.8 Å². The second-order valence-electron chi connectivity index (χ2n) is 4.26. The molecule has 2 rings (SSSR count). The largest absolute Gasteiger partial charge is 0.311 e. The van der Waals surface area contributed by atoms with Gasteiger partial charge in [0.05, 0.1) is 0 Å². The third kappa shape index (κ3) is 5.16. The third-order valence-electron chi connectivity index (χ3n) is 2.95. The summed E-state index contributed by atoms with van der Waals surface area (Å²) in [7, 11) is 0. The van der Waals surface area contributed by atoms with Gasteiger partial charge >= 0.3 is 0 Å². The van der Waals surface area contributed by atoms with Crippen LogP contribution >= 0.6 is 34.4 Å². The van der Waals surface area contributed by atoms with E-state index in [0.717, 1.165) is 13.1 Å². The van der Waals surface area contributed by atoms with Crippen LogP contribution in [-0.4, -0.2) is 42.6 Å². The molecule has 0 amide bonds. The van der Waals surface area contributed by atoms with E-state index in [1.54, 1.807) is 0 Å². The Hall–Kier alpha value is 0.220. The predicted molar refractivity (Wildman–Crippen MR) is 84.6 cm³/mol. The van der Waals surface area contributed by atoms with E-state index in [1.165, 1.54) is 40.3 Å². The van der Waals surface area contributed by atoms with Crippen LogP contribution in [0.3, 0.4) is 0 Å². The SMILES string of the molecule is Ic1ccc(CNCCN2CCSCC2)cc1. The summed E-state index contributed by atoms with van der Waals surface area (Å²) < 4.78 is 1.30. The minimum absolute atomic E-state index is 0.986. The van der Waals surface area contributed by atoms with Crippen molar-refractivity contribution < 1.29 is 0 Å². The van der Waals surface area contributed by atoms with Crippen molar-refractivity contribution in [3.63, 3.8) is 0 Å². The number of nitrogens with zero attached hydrogens (tertiary/aromatic N) is 1. The topological polar surface area (TPSA) is 15.3 Å². The van der Waals surface area contributed by atoms with Crippen LogP contribution in [0.2, 0.25) is 0 Å². The van der Waals surface area contributed by atoms with Gasteiger partial charge in [-0.25, -0.2) is 0 Å². The number of halogens is 1. The molecular formula is C13H19IN2S. The minimum atomic E-state index is 0.986. The Morgan fingerprint density at radius 3 is 2.59 bits per heavy atom. The van der Waals surface area contributed by atoms with Gasteiger partial charge in [0.2, 0.25) is 0 Å². The molecule has 1 aliphatic heterocycles. The van der Waals surface area contributed by atoms with Crippen molar-refractivity contribution >= 4 is 34.4 Å². The molecule has 1 saturated heterocycles. The molecule has 0 bridgehead atoms. The van der Waals surface area contributed by atoms with Crippen molar-refractivity contribution in [1.82, 2.24) is 10.2 Å². The molecule has 1 aromatic rings. The lowest BCUT2D eigenvalue weighted by Gasteiger charge is -2.26. The Balaban J connectivity index is 1.60. The van der Waals surface area contributed by atoms with Crippen LogP contribution in [0.5, 0.6) is 0 Å². The lowest BCUT2D eigenvalue weighted by atomic mass is 10.2. The van der Waals surface area contributed by atoms with Crippen LogP contribution in [0.1, 0.15) is 5.56 Å². The zero-order valence-electron chi connectivity index (χ0n) is 9.99. The average molecular weight is 362 g/mol. The Bertz CT molecular complexity index is 323. The predicted octanol–water partition coefficient (Wildman–Crippen LogP) is 2.43. The normalized spacial score (nSPS) is 17.2. The highest BCUT2D eigenvalue weighted by atomic mass is 127. The van der Waals surface area contributed by atoms with Gasteiger partial charge in [-0.2, -0.15) is 11.8 Å². The first-order chi connectivity index (χ1) is 8.34. The average Bonchev–Trinajstić information content (AvgIpc) is 2.38. The molecule has 0 unspecified atom stereocenters. The maximum atomic E-state index is 3.52. The molecule has 0 radical (unpaired) electrons. The van der Waals surface area contributed by atoms with E-state index < -0.39 is 0 Å². The van der Waals surface area contributed by atoms with E-state index >= 15 is 0 Å². The summed E-state index contributed by atoms with van der Waals surface area (Å²) in [5.41, 5.74) is 1.37. The number of thioether (sulfide) groups is 1. The van der Waals surface area contributed by atoms with E-state index in [-0.39, 0.29) is 0 Å². The minimum Gasteiger partial charge on any atom is -0.311 e. The highest BCUT2D eigenvalue weighted by Gasteiger charge is 2.08. The Kier molecular flexibility index (Phi) is 6.11. The van der Waals surface area contributed by atoms with Crippen molar-refractivity contribution in [3.05, 3.63) is 33.4 Å². The summed E-state index contributed by atoms with van der Waals surface area (Å²) in [6.45, 7) is 5.78. The zero-order valence-corrected chi connectivity index (χ0v) is 13.0. The number of nitrogens with one attached hydrogen (secondary N) is 1. The number of rotatable bonds is 5. The van der Waals surface area contributed by atoms with Gasteiger partial charge in [-0.3, -0.25) is 0 Å². The lowest BCUT2D eigenvalue weighted by molar-refractivity contribution is 0.301. The molecule has 1 fully saturated rings. The first-order valence-corrected chi connectivity index (χ1v) is 8.33. The fraction of sp³-hybridized carbons (Fsp3) is 0.538. The number of benzene rings is 1. The first-order valence-electron chi connectivity index (χ1n) is 6.10. The van der Waals surface area contributed by atoms with Gasteiger partial charge in [-0.1, -0.05) is 12.1 Å². The summed E-state index contributed by atoms with van der Waals surface area (Å²) in [6.07, 6.45) is 0. The van der Waals surface area contributed by atoms with Crippen LogP contribution in [0.15, 0.2) is 24.3 Å². The second-order valence-corrected chi connectivity index (χ2v) is 6.73. The standard InChI is InChI=1S/C13H19IN2S/c14-13-3-1-12(2-4-13)11-15-5-6-16-7-9-17-10-8-16/h1-4,15H,5-11H2. The summed E-state index contributed by atoms with van der Waals surface area (Å²) in [6, 6.07) is 8.73. The summed E-state index contributed by atoms with van der Waals surface area (Å²) >= 11 is 4.41. The van der Waals surface area contributed by atoms with E-state index in [2.05, 4.69) is 68.8 Å². The first kappa shape index (κ1) is 13.6. The quantitative estimate of drug-likeness (QED) is 0.640. The Labute approximate surface area is 122 Å². The van der Waals surface area contributed by atoms with Gasteiger partial charge in [0.1, 0.15) is 0 Å². The Morgan fingerprint density at radius 2 is 1.88 bits per heavy atom. The monoisotopic (exact) mass is 362 g/mol. The van der Waals surface area contributed by atoms with Crippen LogP contribution in [-0.2, 0) is 6.54 Å². The molecule has 1 aliphatic rings. The fourth-order valence-corrected chi connectivity index (χ4v) is 3.24. The second kappa shape index (κ2) is 7.61. The maximum Gasteiger partial charge on any atom is 0.0206 e. The van der Waals surface area contributed by atoms with E-state index in [0.29, 0.717) is 0 Å². The molecular weight excluding hydrogens is 343 g/mol. The zero-order chi connectivity index (χ0) is 11.9. The molecule has 0 atom stereocenters. The molecule has 94 valence electrons. The van der Waals surface area contributed by atoms with Gasteiger partial charge < -0.3 is 10.2 Å². The molecule has 1 N–H and O–H groups in total. The van der Waals surface area contributed by atoms with Gasteiger partial charge in [-0.05, 0) is 40.3 Å². The van der Waals surface area contributed by atoms with Gasteiger partial charge in [0.15, 0.2) is 0 Å². The molecule has 2 nitrogen and oxygen atoms in total. The molecule has 0 aromatic heterocycles. The van der Waals surface area contributed by atoms with E-state index in [9.17, 15) is 0 Å². The molecule has 0 saturated carbocycles. The number of hydrogen-bond acceptors (Lipinski definition) is 3. The van der Waals surface area contributed by atoms with Crippen molar-refractivity contribution in [3.8, 4) is 0 Å². The summed E-state index contributed by atoms with van der Waals surface area (Å²) in [4.78, 5) is 2.55. The molecule has 0 aliphatic carbocycles. The molecule has 4 heteroatoms. The highest BCUT2D eigenvalue weighted by Crippen LogP contribution is 2.08. The van der Waals surface area contributed by atoms with Crippen molar-refractivity contribution in [2.24, 2.45) is 0 Å². The van der Waals surface area contributed by atoms with E-state index in [1.807, 2.05) is 0 Å². The van der Waals surface area contributed by atoms with Gasteiger partial charge in [0.25, 0.3) is 0 Å².